The SMILES string of the molecule is Cc1cc(C(=O)C2CC2C)c(C)cc1Cl. The van der Waals surface area contributed by atoms with Crippen molar-refractivity contribution in [1.29, 1.82) is 0 Å². The maximum atomic E-state index is 12.1. The quantitative estimate of drug-likeness (QED) is 0.696. The Bertz CT molecular complexity index is 423. The molecule has 80 valence electrons. The molecule has 0 radical (unpaired) electrons. The van der Waals surface area contributed by atoms with Crippen LogP contribution < -0.4 is 0 Å². The second kappa shape index (κ2) is 3.64. The van der Waals surface area contributed by atoms with Crippen LogP contribution >= 0.6 is 11.6 Å². The van der Waals surface area contributed by atoms with Crippen molar-refractivity contribution in [2.24, 2.45) is 11.8 Å². The minimum Gasteiger partial charge on any atom is -0.294 e. The van der Waals surface area contributed by atoms with Gasteiger partial charge >= 0.3 is 0 Å². The van der Waals surface area contributed by atoms with Gasteiger partial charge in [0.2, 0.25) is 0 Å². The van der Waals surface area contributed by atoms with Gasteiger partial charge in [0.05, 0.1) is 0 Å². The van der Waals surface area contributed by atoms with Gasteiger partial charge in [-0.15, -0.1) is 0 Å². The standard InChI is InChI=1S/C13H15ClO/c1-7-4-10(7)13(15)11-5-9(3)12(14)6-8(11)2/h5-7,10H,4H2,1-3H3. The van der Waals surface area contributed by atoms with Crippen LogP contribution in [0.5, 0.6) is 0 Å². The van der Waals surface area contributed by atoms with Crippen molar-refractivity contribution >= 4 is 17.4 Å². The zero-order valence-electron chi connectivity index (χ0n) is 9.30. The number of hydrogen-bond donors (Lipinski definition) is 0. The van der Waals surface area contributed by atoms with Crippen LogP contribution in [0.4, 0.5) is 0 Å². The lowest BCUT2D eigenvalue weighted by Crippen LogP contribution is -2.05. The van der Waals surface area contributed by atoms with E-state index < -0.39 is 0 Å². The number of carbonyl (C=O) groups is 1. The van der Waals surface area contributed by atoms with E-state index in [2.05, 4.69) is 6.92 Å². The van der Waals surface area contributed by atoms with Crippen LogP contribution in [-0.2, 0) is 0 Å². The fraction of sp³-hybridized carbons (Fsp3) is 0.462. The predicted octanol–water partition coefficient (Wildman–Crippen LogP) is 3.80. The van der Waals surface area contributed by atoms with Crippen molar-refractivity contribution in [2.75, 3.05) is 0 Å². The minimum atomic E-state index is 0.254. The largest absolute Gasteiger partial charge is 0.294 e. The lowest BCUT2D eigenvalue weighted by Gasteiger charge is -2.07. The molecule has 0 aliphatic heterocycles. The Morgan fingerprint density at radius 1 is 1.33 bits per heavy atom. The maximum absolute atomic E-state index is 12.1. The molecule has 1 nitrogen and oxygen atoms in total. The van der Waals surface area contributed by atoms with Crippen molar-refractivity contribution < 1.29 is 4.79 Å². The lowest BCUT2D eigenvalue weighted by molar-refractivity contribution is 0.0961. The highest BCUT2D eigenvalue weighted by Crippen LogP contribution is 2.41. The monoisotopic (exact) mass is 222 g/mol. The molecule has 0 bridgehead atoms. The Labute approximate surface area is 95.4 Å². The number of hydrogen-bond acceptors (Lipinski definition) is 1. The highest BCUT2D eigenvalue weighted by atomic mass is 35.5. The Morgan fingerprint density at radius 2 is 1.93 bits per heavy atom. The second-order valence-electron chi connectivity index (χ2n) is 4.60. The highest BCUT2D eigenvalue weighted by molar-refractivity contribution is 6.31. The number of halogens is 1. The summed E-state index contributed by atoms with van der Waals surface area (Å²) in [6.07, 6.45) is 1.04. The molecule has 0 saturated heterocycles. The molecule has 1 aromatic carbocycles. The smallest absolute Gasteiger partial charge is 0.166 e. The normalized spacial score (nSPS) is 24.0. The Hall–Kier alpha value is -0.820. The van der Waals surface area contributed by atoms with E-state index in [0.29, 0.717) is 11.7 Å². The number of carbonyl (C=O) groups excluding carboxylic acids is 1. The summed E-state index contributed by atoms with van der Waals surface area (Å²) >= 11 is 6.00. The average Bonchev–Trinajstić information content (AvgIpc) is 2.88. The van der Waals surface area contributed by atoms with Gasteiger partial charge in [-0.25, -0.2) is 0 Å². The molecule has 2 heteroatoms. The van der Waals surface area contributed by atoms with Crippen LogP contribution in [-0.4, -0.2) is 5.78 Å². The molecule has 0 heterocycles. The first kappa shape index (κ1) is 10.7. The van der Waals surface area contributed by atoms with Crippen molar-refractivity contribution in [3.8, 4) is 0 Å². The third-order valence-electron chi connectivity index (χ3n) is 3.22. The fourth-order valence-corrected chi connectivity index (χ4v) is 2.15. The second-order valence-corrected chi connectivity index (χ2v) is 5.01. The third-order valence-corrected chi connectivity index (χ3v) is 3.62. The molecular weight excluding hydrogens is 208 g/mol. The molecule has 0 amide bonds. The third kappa shape index (κ3) is 1.93. The van der Waals surface area contributed by atoms with Crippen molar-refractivity contribution in [3.63, 3.8) is 0 Å². The summed E-state index contributed by atoms with van der Waals surface area (Å²) in [7, 11) is 0. The van der Waals surface area contributed by atoms with Gasteiger partial charge in [0.1, 0.15) is 0 Å². The summed E-state index contributed by atoms with van der Waals surface area (Å²) in [5.74, 6) is 1.11. The first-order chi connectivity index (χ1) is 7.00. The van der Waals surface area contributed by atoms with Crippen molar-refractivity contribution in [1.82, 2.24) is 0 Å². The van der Waals surface area contributed by atoms with Gasteiger partial charge in [-0.2, -0.15) is 0 Å². The Morgan fingerprint density at radius 3 is 2.47 bits per heavy atom. The van der Waals surface area contributed by atoms with Crippen molar-refractivity contribution in [3.05, 3.63) is 33.8 Å². The molecule has 0 aromatic heterocycles. The van der Waals surface area contributed by atoms with E-state index in [0.717, 1.165) is 28.1 Å². The molecule has 1 aliphatic rings. The van der Waals surface area contributed by atoms with E-state index in [9.17, 15) is 4.79 Å². The Balaban J connectivity index is 2.36. The molecule has 1 fully saturated rings. The van der Waals surface area contributed by atoms with Crippen LogP contribution in [0.25, 0.3) is 0 Å². The lowest BCUT2D eigenvalue weighted by atomic mass is 9.99. The number of Topliss-reactive ketones (excluding diaryl/α,β-unsaturated/α-hetero) is 1. The van der Waals surface area contributed by atoms with Gasteiger partial charge in [0.25, 0.3) is 0 Å². The van der Waals surface area contributed by atoms with E-state index in [1.54, 1.807) is 0 Å². The molecule has 1 aromatic rings. The zero-order valence-corrected chi connectivity index (χ0v) is 10.1. The molecule has 1 aliphatic carbocycles. The van der Waals surface area contributed by atoms with Gasteiger partial charge in [-0.05, 0) is 49.4 Å². The number of ketones is 1. The number of aryl methyl sites for hydroxylation is 2. The highest BCUT2D eigenvalue weighted by Gasteiger charge is 2.39. The minimum absolute atomic E-state index is 0.254. The summed E-state index contributed by atoms with van der Waals surface area (Å²) < 4.78 is 0. The van der Waals surface area contributed by atoms with Crippen LogP contribution in [0, 0.1) is 25.7 Å². The number of benzene rings is 1. The predicted molar refractivity (Wildman–Crippen MR) is 62.5 cm³/mol. The fourth-order valence-electron chi connectivity index (χ4n) is 1.93. The van der Waals surface area contributed by atoms with E-state index in [-0.39, 0.29) is 5.92 Å². The Kier molecular flexibility index (Phi) is 2.59. The summed E-state index contributed by atoms with van der Waals surface area (Å²) in [6.45, 7) is 6.02. The van der Waals surface area contributed by atoms with Gasteiger partial charge in [0, 0.05) is 16.5 Å². The van der Waals surface area contributed by atoms with Crippen molar-refractivity contribution in [2.45, 2.75) is 27.2 Å². The molecule has 15 heavy (non-hydrogen) atoms. The molecular formula is C13H15ClO. The van der Waals surface area contributed by atoms with E-state index in [4.69, 9.17) is 11.6 Å². The summed E-state index contributed by atoms with van der Waals surface area (Å²) in [5, 5.41) is 0.743. The maximum Gasteiger partial charge on any atom is 0.166 e. The zero-order chi connectivity index (χ0) is 11.2. The van der Waals surface area contributed by atoms with Crippen LogP contribution in [0.2, 0.25) is 5.02 Å². The first-order valence-corrected chi connectivity index (χ1v) is 5.69. The molecule has 2 unspecified atom stereocenters. The van der Waals surface area contributed by atoms with Gasteiger partial charge < -0.3 is 0 Å². The van der Waals surface area contributed by atoms with Gasteiger partial charge in [-0.3, -0.25) is 4.79 Å². The molecule has 0 spiro atoms. The van der Waals surface area contributed by atoms with E-state index >= 15 is 0 Å². The summed E-state index contributed by atoms with van der Waals surface area (Å²) in [6, 6.07) is 3.81. The van der Waals surface area contributed by atoms with Gasteiger partial charge in [0.15, 0.2) is 5.78 Å². The summed E-state index contributed by atoms with van der Waals surface area (Å²) in [5.41, 5.74) is 2.83. The number of rotatable bonds is 2. The topological polar surface area (TPSA) is 17.1 Å². The van der Waals surface area contributed by atoms with E-state index in [1.165, 1.54) is 0 Å². The molecule has 1 saturated carbocycles. The van der Waals surface area contributed by atoms with Crippen LogP contribution in [0.15, 0.2) is 12.1 Å². The summed E-state index contributed by atoms with van der Waals surface area (Å²) in [4.78, 5) is 12.1. The van der Waals surface area contributed by atoms with E-state index in [1.807, 2.05) is 26.0 Å². The molecule has 2 atom stereocenters. The first-order valence-electron chi connectivity index (χ1n) is 5.31. The molecule has 2 rings (SSSR count). The van der Waals surface area contributed by atoms with Crippen LogP contribution in [0.3, 0.4) is 0 Å². The molecule has 0 N–H and O–H groups in total. The van der Waals surface area contributed by atoms with Crippen LogP contribution in [0.1, 0.15) is 34.8 Å². The average molecular weight is 223 g/mol. The van der Waals surface area contributed by atoms with Gasteiger partial charge in [-0.1, -0.05) is 18.5 Å².